The first-order chi connectivity index (χ1) is 10.0. The number of rotatable bonds is 4. The lowest BCUT2D eigenvalue weighted by molar-refractivity contribution is -0.140. The smallest absolute Gasteiger partial charge is 0.263 e. The zero-order chi connectivity index (χ0) is 15.4. The topological polar surface area (TPSA) is 29.5 Å². The number of piperidine rings is 1. The van der Waals surface area contributed by atoms with Gasteiger partial charge in [-0.05, 0) is 56.2 Å². The summed E-state index contributed by atoms with van der Waals surface area (Å²) in [6, 6.07) is 6.01. The Hall–Kier alpha value is -1.51. The highest BCUT2D eigenvalue weighted by molar-refractivity contribution is 5.81. The van der Waals surface area contributed by atoms with Gasteiger partial charge < -0.3 is 9.64 Å². The molecule has 0 radical (unpaired) electrons. The van der Waals surface area contributed by atoms with E-state index in [2.05, 4.69) is 19.9 Å². The Morgan fingerprint density at radius 2 is 2.19 bits per heavy atom. The van der Waals surface area contributed by atoms with Crippen molar-refractivity contribution in [1.29, 1.82) is 0 Å². The van der Waals surface area contributed by atoms with Crippen molar-refractivity contribution < 1.29 is 9.53 Å². The number of ether oxygens (including phenoxy) is 1. The van der Waals surface area contributed by atoms with Crippen molar-refractivity contribution in [2.45, 2.75) is 53.1 Å². The first-order valence-corrected chi connectivity index (χ1v) is 8.04. The molecule has 0 aromatic heterocycles. The number of aryl methyl sites for hydroxylation is 1. The van der Waals surface area contributed by atoms with Crippen molar-refractivity contribution >= 4 is 5.91 Å². The minimum atomic E-state index is -0.365. The van der Waals surface area contributed by atoms with Gasteiger partial charge in [0.15, 0.2) is 6.10 Å². The first kappa shape index (κ1) is 15.9. The molecule has 1 amide bonds. The highest BCUT2D eigenvalue weighted by atomic mass is 16.5. The first-order valence-electron chi connectivity index (χ1n) is 8.04. The number of carbonyl (C=O) groups is 1. The van der Waals surface area contributed by atoms with Crippen LogP contribution in [0.3, 0.4) is 0 Å². The summed E-state index contributed by atoms with van der Waals surface area (Å²) in [5.41, 5.74) is 2.32. The normalized spacial score (nSPS) is 20.2. The standard InChI is InChI=1S/C18H27NO2/c1-5-16(18(20)19-11-7-8-13(2)12-19)21-17-10-6-9-14(3)15(17)4/h6,9-10,13,16H,5,7-8,11-12H2,1-4H3/t13-,16+/m0/s1. The molecule has 3 nitrogen and oxygen atoms in total. The second kappa shape index (κ2) is 6.97. The van der Waals surface area contributed by atoms with Crippen LogP contribution in [0, 0.1) is 19.8 Å². The lowest BCUT2D eigenvalue weighted by atomic mass is 9.99. The van der Waals surface area contributed by atoms with Crippen LogP contribution >= 0.6 is 0 Å². The molecule has 21 heavy (non-hydrogen) atoms. The second-order valence-corrected chi connectivity index (χ2v) is 6.24. The van der Waals surface area contributed by atoms with Gasteiger partial charge >= 0.3 is 0 Å². The third-order valence-electron chi connectivity index (χ3n) is 4.44. The molecule has 0 saturated carbocycles. The molecule has 2 rings (SSSR count). The SMILES string of the molecule is CC[C@@H](Oc1cccc(C)c1C)C(=O)N1CCC[C@H](C)C1. The largest absolute Gasteiger partial charge is 0.480 e. The number of benzene rings is 1. The maximum Gasteiger partial charge on any atom is 0.263 e. The number of hydrogen-bond donors (Lipinski definition) is 0. The summed E-state index contributed by atoms with van der Waals surface area (Å²) in [5, 5.41) is 0. The Kier molecular flexibility index (Phi) is 5.27. The van der Waals surface area contributed by atoms with Gasteiger partial charge in [0.1, 0.15) is 5.75 Å². The quantitative estimate of drug-likeness (QED) is 0.845. The van der Waals surface area contributed by atoms with Crippen molar-refractivity contribution in [2.24, 2.45) is 5.92 Å². The Morgan fingerprint density at radius 1 is 1.43 bits per heavy atom. The molecule has 1 aromatic rings. The van der Waals surface area contributed by atoms with Gasteiger partial charge in [0.25, 0.3) is 5.91 Å². The zero-order valence-electron chi connectivity index (χ0n) is 13.7. The molecule has 1 aromatic carbocycles. The molecule has 0 unspecified atom stereocenters. The van der Waals surface area contributed by atoms with Crippen molar-refractivity contribution in [3.63, 3.8) is 0 Å². The van der Waals surface area contributed by atoms with Crippen molar-refractivity contribution in [2.75, 3.05) is 13.1 Å². The van der Waals surface area contributed by atoms with E-state index in [1.807, 2.05) is 30.9 Å². The zero-order valence-corrected chi connectivity index (χ0v) is 13.7. The van der Waals surface area contributed by atoms with Crippen LogP contribution < -0.4 is 4.74 Å². The molecule has 1 aliphatic heterocycles. The van der Waals surface area contributed by atoms with E-state index in [1.54, 1.807) is 0 Å². The van der Waals surface area contributed by atoms with Gasteiger partial charge in [-0.1, -0.05) is 26.0 Å². The van der Waals surface area contributed by atoms with Crippen molar-refractivity contribution in [3.05, 3.63) is 29.3 Å². The van der Waals surface area contributed by atoms with Crippen LogP contribution in [-0.2, 0) is 4.79 Å². The van der Waals surface area contributed by atoms with Crippen LogP contribution in [0.15, 0.2) is 18.2 Å². The van der Waals surface area contributed by atoms with Crippen molar-refractivity contribution in [1.82, 2.24) is 4.90 Å². The van der Waals surface area contributed by atoms with Gasteiger partial charge in [-0.3, -0.25) is 4.79 Å². The summed E-state index contributed by atoms with van der Waals surface area (Å²) in [7, 11) is 0. The summed E-state index contributed by atoms with van der Waals surface area (Å²) in [6.07, 6.45) is 2.67. The van der Waals surface area contributed by atoms with Gasteiger partial charge in [-0.2, -0.15) is 0 Å². The average molecular weight is 289 g/mol. The van der Waals surface area contributed by atoms with Gasteiger partial charge in [-0.25, -0.2) is 0 Å². The molecule has 1 aliphatic rings. The maximum absolute atomic E-state index is 12.7. The third-order valence-corrected chi connectivity index (χ3v) is 4.44. The highest BCUT2D eigenvalue weighted by Gasteiger charge is 2.28. The number of hydrogen-bond acceptors (Lipinski definition) is 2. The Morgan fingerprint density at radius 3 is 2.86 bits per heavy atom. The molecule has 0 bridgehead atoms. The summed E-state index contributed by atoms with van der Waals surface area (Å²) in [6.45, 7) is 10.1. The second-order valence-electron chi connectivity index (χ2n) is 6.24. The molecule has 0 spiro atoms. The molecule has 0 aliphatic carbocycles. The summed E-state index contributed by atoms with van der Waals surface area (Å²) >= 11 is 0. The van der Waals surface area contributed by atoms with Gasteiger partial charge in [0.05, 0.1) is 0 Å². The van der Waals surface area contributed by atoms with E-state index in [9.17, 15) is 4.79 Å². The van der Waals surface area contributed by atoms with E-state index >= 15 is 0 Å². The predicted molar refractivity (Wildman–Crippen MR) is 85.6 cm³/mol. The maximum atomic E-state index is 12.7. The molecule has 1 heterocycles. The molecule has 1 saturated heterocycles. The minimum absolute atomic E-state index is 0.143. The van der Waals surface area contributed by atoms with E-state index in [1.165, 1.54) is 12.0 Å². The van der Waals surface area contributed by atoms with E-state index in [0.29, 0.717) is 12.3 Å². The molecular weight excluding hydrogens is 262 g/mol. The van der Waals surface area contributed by atoms with Crippen LogP contribution in [0.25, 0.3) is 0 Å². The number of likely N-dealkylation sites (tertiary alicyclic amines) is 1. The fraction of sp³-hybridized carbons (Fsp3) is 0.611. The third kappa shape index (κ3) is 3.78. The molecule has 3 heteroatoms. The van der Waals surface area contributed by atoms with Gasteiger partial charge in [0.2, 0.25) is 0 Å². The van der Waals surface area contributed by atoms with Crippen LogP contribution in [0.2, 0.25) is 0 Å². The molecule has 0 N–H and O–H groups in total. The minimum Gasteiger partial charge on any atom is -0.480 e. The summed E-state index contributed by atoms with van der Waals surface area (Å²) < 4.78 is 6.03. The van der Waals surface area contributed by atoms with Crippen molar-refractivity contribution in [3.8, 4) is 5.75 Å². The monoisotopic (exact) mass is 289 g/mol. The van der Waals surface area contributed by atoms with Crippen LogP contribution in [0.5, 0.6) is 5.75 Å². The number of carbonyl (C=O) groups excluding carboxylic acids is 1. The van der Waals surface area contributed by atoms with Crippen LogP contribution in [-0.4, -0.2) is 30.0 Å². The molecule has 116 valence electrons. The van der Waals surface area contributed by atoms with Crippen LogP contribution in [0.4, 0.5) is 0 Å². The van der Waals surface area contributed by atoms with Gasteiger partial charge in [-0.15, -0.1) is 0 Å². The predicted octanol–water partition coefficient (Wildman–Crippen LogP) is 3.72. The average Bonchev–Trinajstić information content (AvgIpc) is 2.48. The Bertz CT molecular complexity index is 498. The molecular formula is C18H27NO2. The van der Waals surface area contributed by atoms with Gasteiger partial charge in [0, 0.05) is 13.1 Å². The number of nitrogens with zero attached hydrogens (tertiary/aromatic N) is 1. The lowest BCUT2D eigenvalue weighted by Gasteiger charge is -2.33. The molecule has 1 fully saturated rings. The fourth-order valence-corrected chi connectivity index (χ4v) is 2.91. The Balaban J connectivity index is 2.08. The lowest BCUT2D eigenvalue weighted by Crippen LogP contribution is -2.46. The van der Waals surface area contributed by atoms with E-state index in [-0.39, 0.29) is 12.0 Å². The highest BCUT2D eigenvalue weighted by Crippen LogP contribution is 2.24. The van der Waals surface area contributed by atoms with E-state index in [0.717, 1.165) is 30.8 Å². The van der Waals surface area contributed by atoms with E-state index in [4.69, 9.17) is 4.74 Å². The van der Waals surface area contributed by atoms with Crippen LogP contribution in [0.1, 0.15) is 44.2 Å². The number of amides is 1. The fourth-order valence-electron chi connectivity index (χ4n) is 2.91. The Labute approximate surface area is 128 Å². The van der Waals surface area contributed by atoms with E-state index < -0.39 is 0 Å². The summed E-state index contributed by atoms with van der Waals surface area (Å²) in [4.78, 5) is 14.7. The summed E-state index contributed by atoms with van der Waals surface area (Å²) in [5.74, 6) is 1.58. The molecule has 2 atom stereocenters.